The van der Waals surface area contributed by atoms with E-state index in [-0.39, 0.29) is 12.3 Å². The summed E-state index contributed by atoms with van der Waals surface area (Å²) in [5.74, 6) is -0.124. The van der Waals surface area contributed by atoms with Crippen LogP contribution in [0.1, 0.15) is 6.42 Å². The Morgan fingerprint density at radius 3 is 2.68 bits per heavy atom. The van der Waals surface area contributed by atoms with Crippen LogP contribution in [0.25, 0.3) is 5.69 Å². The first-order valence-corrected chi connectivity index (χ1v) is 11.0. The SMILES string of the molecule is CSCCC(NC(=O)COc1ccccc1)C(=O)Nc1ccc(-n2cccn2)c(F)c1. The molecule has 31 heavy (non-hydrogen) atoms. The second kappa shape index (κ2) is 11.2. The molecule has 0 saturated carbocycles. The maximum Gasteiger partial charge on any atom is 0.258 e. The lowest BCUT2D eigenvalue weighted by Crippen LogP contribution is -2.45. The number of benzene rings is 2. The molecule has 7 nitrogen and oxygen atoms in total. The van der Waals surface area contributed by atoms with Gasteiger partial charge in [-0.1, -0.05) is 18.2 Å². The van der Waals surface area contributed by atoms with E-state index in [4.69, 9.17) is 4.74 Å². The summed E-state index contributed by atoms with van der Waals surface area (Å²) >= 11 is 1.56. The molecule has 0 aliphatic heterocycles. The summed E-state index contributed by atoms with van der Waals surface area (Å²) in [5, 5.41) is 9.36. The zero-order valence-corrected chi connectivity index (χ0v) is 17.8. The smallest absolute Gasteiger partial charge is 0.258 e. The van der Waals surface area contributed by atoms with Crippen LogP contribution in [0, 0.1) is 5.82 Å². The van der Waals surface area contributed by atoms with Crippen LogP contribution in [0.2, 0.25) is 0 Å². The van der Waals surface area contributed by atoms with Crippen LogP contribution in [-0.2, 0) is 9.59 Å². The summed E-state index contributed by atoms with van der Waals surface area (Å²) in [6.07, 6.45) is 5.52. The van der Waals surface area contributed by atoms with E-state index in [1.54, 1.807) is 60.6 Å². The fraction of sp³-hybridized carbons (Fsp3) is 0.227. The molecular formula is C22H23FN4O3S. The molecule has 0 saturated heterocycles. The number of anilines is 1. The number of hydrogen-bond acceptors (Lipinski definition) is 5. The van der Waals surface area contributed by atoms with Gasteiger partial charge in [0.2, 0.25) is 5.91 Å². The van der Waals surface area contributed by atoms with Crippen molar-refractivity contribution in [2.45, 2.75) is 12.5 Å². The van der Waals surface area contributed by atoms with Crippen molar-refractivity contribution in [3.8, 4) is 11.4 Å². The average molecular weight is 443 g/mol. The van der Waals surface area contributed by atoms with E-state index >= 15 is 0 Å². The predicted octanol–water partition coefficient (Wildman–Crippen LogP) is 3.27. The number of ether oxygens (including phenoxy) is 1. The van der Waals surface area contributed by atoms with Crippen LogP contribution in [-0.4, -0.2) is 46.3 Å². The molecule has 9 heteroatoms. The van der Waals surface area contributed by atoms with E-state index in [1.807, 2.05) is 12.3 Å². The van der Waals surface area contributed by atoms with Gasteiger partial charge in [0.05, 0.1) is 0 Å². The number of amides is 2. The molecule has 3 rings (SSSR count). The number of thioether (sulfide) groups is 1. The predicted molar refractivity (Wildman–Crippen MR) is 119 cm³/mol. The topological polar surface area (TPSA) is 85.2 Å². The van der Waals surface area contributed by atoms with Gasteiger partial charge in [-0.2, -0.15) is 16.9 Å². The van der Waals surface area contributed by atoms with Crippen LogP contribution in [0.15, 0.2) is 67.0 Å². The monoisotopic (exact) mass is 442 g/mol. The molecule has 3 aromatic rings. The molecule has 0 radical (unpaired) electrons. The van der Waals surface area contributed by atoms with Gasteiger partial charge in [0.1, 0.15) is 17.5 Å². The zero-order chi connectivity index (χ0) is 22.1. The Morgan fingerprint density at radius 1 is 1.19 bits per heavy atom. The van der Waals surface area contributed by atoms with Crippen LogP contribution in [0.4, 0.5) is 10.1 Å². The van der Waals surface area contributed by atoms with Crippen molar-refractivity contribution in [2.75, 3.05) is 23.9 Å². The third-order valence-electron chi connectivity index (χ3n) is 4.34. The largest absolute Gasteiger partial charge is 0.484 e. The van der Waals surface area contributed by atoms with Crippen LogP contribution in [0.3, 0.4) is 0 Å². The number of rotatable bonds is 10. The molecule has 2 N–H and O–H groups in total. The van der Waals surface area contributed by atoms with Crippen molar-refractivity contribution in [3.63, 3.8) is 0 Å². The Morgan fingerprint density at radius 2 is 2.00 bits per heavy atom. The maximum absolute atomic E-state index is 14.4. The molecule has 2 amide bonds. The summed E-state index contributed by atoms with van der Waals surface area (Å²) in [7, 11) is 0. The number of nitrogens with zero attached hydrogens (tertiary/aromatic N) is 2. The van der Waals surface area contributed by atoms with Crippen molar-refractivity contribution in [1.29, 1.82) is 0 Å². The van der Waals surface area contributed by atoms with Crippen LogP contribution >= 0.6 is 11.8 Å². The number of carbonyl (C=O) groups excluding carboxylic acids is 2. The number of hydrogen-bond donors (Lipinski definition) is 2. The van der Waals surface area contributed by atoms with Gasteiger partial charge in [-0.05, 0) is 54.8 Å². The van der Waals surface area contributed by atoms with E-state index in [9.17, 15) is 14.0 Å². The molecule has 2 aromatic carbocycles. The standard InChI is InChI=1S/C22H23FN4O3S/c1-31-13-10-19(26-21(28)15-30-17-6-3-2-4-7-17)22(29)25-16-8-9-20(18(23)14-16)27-12-5-11-24-27/h2-9,11-12,14,19H,10,13,15H2,1H3,(H,25,29)(H,26,28). The van der Waals surface area contributed by atoms with E-state index in [0.29, 0.717) is 23.6 Å². The molecule has 1 aromatic heterocycles. The van der Waals surface area contributed by atoms with E-state index in [1.165, 1.54) is 16.8 Å². The number of carbonyl (C=O) groups is 2. The minimum Gasteiger partial charge on any atom is -0.484 e. The normalized spacial score (nSPS) is 11.5. The van der Waals surface area contributed by atoms with Crippen molar-refractivity contribution in [1.82, 2.24) is 15.1 Å². The minimum atomic E-state index is -0.770. The van der Waals surface area contributed by atoms with E-state index in [2.05, 4.69) is 15.7 Å². The fourth-order valence-corrected chi connectivity index (χ4v) is 3.29. The highest BCUT2D eigenvalue weighted by atomic mass is 32.2. The van der Waals surface area contributed by atoms with Crippen LogP contribution < -0.4 is 15.4 Å². The Labute approximate surface area is 184 Å². The number of nitrogens with one attached hydrogen (secondary N) is 2. The Hall–Kier alpha value is -3.33. The van der Waals surface area contributed by atoms with Gasteiger partial charge in [0, 0.05) is 18.1 Å². The van der Waals surface area contributed by atoms with E-state index < -0.39 is 23.7 Å². The lowest BCUT2D eigenvalue weighted by Gasteiger charge is -2.18. The molecule has 0 bridgehead atoms. The first-order chi connectivity index (χ1) is 15.1. The van der Waals surface area contributed by atoms with E-state index in [0.717, 1.165) is 0 Å². The second-order valence-electron chi connectivity index (χ2n) is 6.61. The van der Waals surface area contributed by atoms with Crippen molar-refractivity contribution < 1.29 is 18.7 Å². The molecule has 1 unspecified atom stereocenters. The Kier molecular flexibility index (Phi) is 8.05. The van der Waals surface area contributed by atoms with Gasteiger partial charge < -0.3 is 15.4 Å². The molecule has 1 heterocycles. The summed E-state index contributed by atoms with van der Waals surface area (Å²) in [6.45, 7) is -0.208. The van der Waals surface area contributed by atoms with Gasteiger partial charge in [0.25, 0.3) is 5.91 Å². The third kappa shape index (κ3) is 6.58. The molecule has 0 aliphatic carbocycles. The zero-order valence-electron chi connectivity index (χ0n) is 17.0. The lowest BCUT2D eigenvalue weighted by atomic mass is 10.2. The van der Waals surface area contributed by atoms with Gasteiger partial charge in [-0.25, -0.2) is 9.07 Å². The summed E-state index contributed by atoms with van der Waals surface area (Å²) in [5.41, 5.74) is 0.565. The second-order valence-corrected chi connectivity index (χ2v) is 7.59. The molecule has 0 spiro atoms. The van der Waals surface area contributed by atoms with Crippen molar-refractivity contribution in [2.24, 2.45) is 0 Å². The van der Waals surface area contributed by atoms with Crippen molar-refractivity contribution >= 4 is 29.3 Å². The number of aromatic nitrogens is 2. The number of para-hydroxylation sites is 1. The summed E-state index contributed by atoms with van der Waals surface area (Å²) in [6, 6.07) is 14.2. The molecule has 0 aliphatic rings. The summed E-state index contributed by atoms with van der Waals surface area (Å²) in [4.78, 5) is 25.0. The van der Waals surface area contributed by atoms with Gasteiger partial charge in [0.15, 0.2) is 12.4 Å². The number of halogens is 1. The van der Waals surface area contributed by atoms with Gasteiger partial charge in [-0.15, -0.1) is 0 Å². The fourth-order valence-electron chi connectivity index (χ4n) is 2.82. The Bertz CT molecular complexity index is 999. The minimum absolute atomic E-state index is 0.208. The first kappa shape index (κ1) is 22.4. The molecule has 162 valence electrons. The molecule has 0 fully saturated rings. The Balaban J connectivity index is 1.61. The van der Waals surface area contributed by atoms with Crippen LogP contribution in [0.5, 0.6) is 5.75 Å². The van der Waals surface area contributed by atoms with Gasteiger partial charge in [-0.3, -0.25) is 9.59 Å². The highest BCUT2D eigenvalue weighted by molar-refractivity contribution is 7.98. The highest BCUT2D eigenvalue weighted by Crippen LogP contribution is 2.18. The summed E-state index contributed by atoms with van der Waals surface area (Å²) < 4.78 is 21.3. The maximum atomic E-state index is 14.4. The molecule has 1 atom stereocenters. The molecular weight excluding hydrogens is 419 g/mol. The van der Waals surface area contributed by atoms with Gasteiger partial charge >= 0.3 is 0 Å². The third-order valence-corrected chi connectivity index (χ3v) is 4.99. The lowest BCUT2D eigenvalue weighted by molar-refractivity contribution is -0.127. The average Bonchev–Trinajstić information content (AvgIpc) is 3.30. The van der Waals surface area contributed by atoms with Crippen molar-refractivity contribution in [3.05, 3.63) is 72.8 Å². The first-order valence-electron chi connectivity index (χ1n) is 9.63. The highest BCUT2D eigenvalue weighted by Gasteiger charge is 2.21. The quantitative estimate of drug-likeness (QED) is 0.503.